The van der Waals surface area contributed by atoms with E-state index >= 15 is 0 Å². The third kappa shape index (κ3) is 5.78. The molecule has 27 heavy (non-hydrogen) atoms. The van der Waals surface area contributed by atoms with Gasteiger partial charge in [-0.2, -0.15) is 0 Å². The molecule has 0 atom stereocenters. The predicted molar refractivity (Wildman–Crippen MR) is 102 cm³/mol. The summed E-state index contributed by atoms with van der Waals surface area (Å²) in [5.74, 6) is 0.380. The van der Waals surface area contributed by atoms with Gasteiger partial charge < -0.3 is 9.47 Å². The number of alkyl halides is 1. The van der Waals surface area contributed by atoms with E-state index in [1.807, 2.05) is 0 Å². The first-order valence-electron chi connectivity index (χ1n) is 9.05. The normalized spacial score (nSPS) is 11.3. The van der Waals surface area contributed by atoms with Crippen LogP contribution in [0.25, 0.3) is 0 Å². The number of ketones is 1. The third-order valence-corrected chi connectivity index (χ3v) is 4.32. The highest BCUT2D eigenvalue weighted by Crippen LogP contribution is 2.26. The highest BCUT2D eigenvalue weighted by molar-refractivity contribution is 5.96. The molecule has 0 aromatic heterocycles. The lowest BCUT2D eigenvalue weighted by atomic mass is 10.0. The van der Waals surface area contributed by atoms with Crippen LogP contribution < -0.4 is 9.47 Å². The van der Waals surface area contributed by atoms with Gasteiger partial charge in [-0.15, -0.1) is 0 Å². The molecule has 0 amide bonds. The highest BCUT2D eigenvalue weighted by Gasteiger charge is 2.18. The van der Waals surface area contributed by atoms with Crippen LogP contribution in [0, 0.1) is 12.7 Å². The molecular formula is C22H26F2O3. The van der Waals surface area contributed by atoms with Gasteiger partial charge in [-0.3, -0.25) is 4.79 Å². The number of rotatable bonds is 9. The molecule has 0 saturated carbocycles. The smallest absolute Gasteiger partial charge is 0.163 e. The zero-order valence-corrected chi connectivity index (χ0v) is 16.3. The van der Waals surface area contributed by atoms with Gasteiger partial charge in [-0.25, -0.2) is 8.78 Å². The summed E-state index contributed by atoms with van der Waals surface area (Å²) in [5, 5.41) is 0. The number of Topliss-reactive ketones (excluding diaryl/α,β-unsaturated/α-hetero) is 1. The number of carbonyl (C=O) groups excluding carboxylic acids is 1. The topological polar surface area (TPSA) is 35.5 Å². The molecule has 2 rings (SSSR count). The SMILES string of the molecule is CC(=O)c1c(F)ccc(OCCCCOc2ccc(C(C)(C)F)cc2)c1C. The average molecular weight is 376 g/mol. The molecule has 0 bridgehead atoms. The first-order chi connectivity index (χ1) is 12.7. The van der Waals surface area contributed by atoms with Gasteiger partial charge in [0.1, 0.15) is 23.0 Å². The molecule has 0 N–H and O–H groups in total. The van der Waals surface area contributed by atoms with Crippen LogP contribution in [0.1, 0.15) is 55.1 Å². The molecule has 0 heterocycles. The van der Waals surface area contributed by atoms with Crippen molar-refractivity contribution >= 4 is 5.78 Å². The van der Waals surface area contributed by atoms with Crippen LogP contribution in [0.15, 0.2) is 36.4 Å². The summed E-state index contributed by atoms with van der Waals surface area (Å²) < 4.78 is 38.8. The molecular weight excluding hydrogens is 350 g/mol. The third-order valence-electron chi connectivity index (χ3n) is 4.32. The minimum Gasteiger partial charge on any atom is -0.494 e. The van der Waals surface area contributed by atoms with Gasteiger partial charge in [-0.05, 0) is 70.4 Å². The zero-order valence-electron chi connectivity index (χ0n) is 16.3. The molecule has 0 spiro atoms. The summed E-state index contributed by atoms with van der Waals surface area (Å²) in [4.78, 5) is 11.5. The molecule has 146 valence electrons. The largest absolute Gasteiger partial charge is 0.494 e. The standard InChI is InChI=1S/C22H26F2O3/c1-15-20(12-11-19(23)21(15)16(2)25)27-14-6-5-13-26-18-9-7-17(8-10-18)22(3,4)24/h7-12H,5-6,13-14H2,1-4H3. The van der Waals surface area contributed by atoms with Gasteiger partial charge in [-0.1, -0.05) is 12.1 Å². The second-order valence-electron chi connectivity index (χ2n) is 7.00. The van der Waals surface area contributed by atoms with Crippen molar-refractivity contribution in [3.8, 4) is 11.5 Å². The van der Waals surface area contributed by atoms with Crippen molar-refractivity contribution in [3.05, 3.63) is 58.9 Å². The lowest BCUT2D eigenvalue weighted by molar-refractivity contribution is 0.101. The van der Waals surface area contributed by atoms with Crippen LogP contribution >= 0.6 is 0 Å². The van der Waals surface area contributed by atoms with E-state index in [9.17, 15) is 13.6 Å². The van der Waals surface area contributed by atoms with Crippen molar-refractivity contribution in [2.24, 2.45) is 0 Å². The quantitative estimate of drug-likeness (QED) is 0.411. The lowest BCUT2D eigenvalue weighted by Crippen LogP contribution is -2.08. The minimum absolute atomic E-state index is 0.0794. The van der Waals surface area contributed by atoms with Gasteiger partial charge in [0.25, 0.3) is 0 Å². The van der Waals surface area contributed by atoms with Gasteiger partial charge in [0, 0.05) is 5.56 Å². The molecule has 0 fully saturated rings. The number of carbonyl (C=O) groups is 1. The fraction of sp³-hybridized carbons (Fsp3) is 0.409. The molecule has 2 aromatic rings. The summed E-state index contributed by atoms with van der Waals surface area (Å²) >= 11 is 0. The van der Waals surface area contributed by atoms with E-state index < -0.39 is 11.5 Å². The van der Waals surface area contributed by atoms with Gasteiger partial charge >= 0.3 is 0 Å². The van der Waals surface area contributed by atoms with Gasteiger partial charge in [0.15, 0.2) is 5.78 Å². The summed E-state index contributed by atoms with van der Waals surface area (Å²) in [5.41, 5.74) is -0.149. The Balaban J connectivity index is 1.75. The maximum Gasteiger partial charge on any atom is 0.163 e. The molecule has 0 radical (unpaired) electrons. The van der Waals surface area contributed by atoms with E-state index in [-0.39, 0.29) is 11.3 Å². The number of hydrogen-bond acceptors (Lipinski definition) is 3. The maximum atomic E-state index is 13.8. The second kappa shape index (κ2) is 8.98. The summed E-state index contributed by atoms with van der Waals surface area (Å²) in [6.07, 6.45) is 1.53. The Morgan fingerprint density at radius 3 is 2.15 bits per heavy atom. The zero-order chi connectivity index (χ0) is 20.0. The Labute approximate surface area is 159 Å². The van der Waals surface area contributed by atoms with E-state index in [2.05, 4.69) is 0 Å². The van der Waals surface area contributed by atoms with Crippen LogP contribution in [-0.2, 0) is 5.67 Å². The van der Waals surface area contributed by atoms with Crippen molar-refractivity contribution in [2.45, 2.75) is 46.2 Å². The number of hydrogen-bond donors (Lipinski definition) is 0. The predicted octanol–water partition coefficient (Wildman–Crippen LogP) is 5.78. The number of halogens is 2. The van der Waals surface area contributed by atoms with Crippen molar-refractivity contribution in [2.75, 3.05) is 13.2 Å². The van der Waals surface area contributed by atoms with Gasteiger partial charge in [0.05, 0.1) is 18.8 Å². The van der Waals surface area contributed by atoms with E-state index in [0.717, 1.165) is 12.8 Å². The van der Waals surface area contributed by atoms with E-state index in [1.165, 1.54) is 26.8 Å². The molecule has 2 aromatic carbocycles. The maximum absolute atomic E-state index is 13.8. The minimum atomic E-state index is -1.36. The van der Waals surface area contributed by atoms with Crippen molar-refractivity contribution < 1.29 is 23.0 Å². The summed E-state index contributed by atoms with van der Waals surface area (Å²) in [6.45, 7) is 7.02. The molecule has 5 heteroatoms. The fourth-order valence-electron chi connectivity index (χ4n) is 2.77. The molecule has 0 aliphatic carbocycles. The van der Waals surface area contributed by atoms with Crippen LogP contribution in [-0.4, -0.2) is 19.0 Å². The van der Waals surface area contributed by atoms with Crippen LogP contribution in [0.3, 0.4) is 0 Å². The highest BCUT2D eigenvalue weighted by atomic mass is 19.1. The number of benzene rings is 2. The van der Waals surface area contributed by atoms with E-state index in [0.29, 0.717) is 35.8 Å². The van der Waals surface area contributed by atoms with Crippen molar-refractivity contribution in [1.29, 1.82) is 0 Å². The van der Waals surface area contributed by atoms with Crippen LogP contribution in [0.2, 0.25) is 0 Å². The van der Waals surface area contributed by atoms with Crippen molar-refractivity contribution in [3.63, 3.8) is 0 Å². The second-order valence-corrected chi connectivity index (χ2v) is 7.00. The first-order valence-corrected chi connectivity index (χ1v) is 9.05. The van der Waals surface area contributed by atoms with Crippen LogP contribution in [0.5, 0.6) is 11.5 Å². The fourth-order valence-corrected chi connectivity index (χ4v) is 2.77. The van der Waals surface area contributed by atoms with E-state index in [4.69, 9.17) is 9.47 Å². The van der Waals surface area contributed by atoms with Crippen LogP contribution in [0.4, 0.5) is 8.78 Å². The Hall–Kier alpha value is -2.43. The average Bonchev–Trinajstić information content (AvgIpc) is 2.59. The molecule has 0 unspecified atom stereocenters. The number of unbranched alkanes of at least 4 members (excludes halogenated alkanes) is 1. The monoisotopic (exact) mass is 376 g/mol. The lowest BCUT2D eigenvalue weighted by Gasteiger charge is -2.15. The Morgan fingerprint density at radius 1 is 1.00 bits per heavy atom. The summed E-state index contributed by atoms with van der Waals surface area (Å²) in [7, 11) is 0. The Kier molecular flexibility index (Phi) is 6.94. The van der Waals surface area contributed by atoms with E-state index in [1.54, 1.807) is 37.3 Å². The molecule has 0 saturated heterocycles. The van der Waals surface area contributed by atoms with Gasteiger partial charge in [0.2, 0.25) is 0 Å². The summed E-state index contributed by atoms with van der Waals surface area (Å²) in [6, 6.07) is 9.77. The molecule has 0 aliphatic rings. The molecule has 0 aliphatic heterocycles. The number of ether oxygens (including phenoxy) is 2. The Bertz CT molecular complexity index is 777. The first kappa shape index (κ1) is 20.9. The Morgan fingerprint density at radius 2 is 1.59 bits per heavy atom. The molecule has 3 nitrogen and oxygen atoms in total. The van der Waals surface area contributed by atoms with Crippen molar-refractivity contribution in [1.82, 2.24) is 0 Å².